The Morgan fingerprint density at radius 2 is 2.26 bits per heavy atom. The summed E-state index contributed by atoms with van der Waals surface area (Å²) in [6.45, 7) is 2.32. The van der Waals surface area contributed by atoms with Gasteiger partial charge >= 0.3 is 5.97 Å². The van der Waals surface area contributed by atoms with Crippen molar-refractivity contribution < 1.29 is 19.4 Å². The molecule has 106 valence electrons. The monoisotopic (exact) mass is 287 g/mol. The van der Waals surface area contributed by atoms with Gasteiger partial charge in [-0.05, 0) is 30.8 Å². The van der Waals surface area contributed by atoms with Gasteiger partial charge in [0.25, 0.3) is 5.91 Å². The van der Waals surface area contributed by atoms with E-state index in [2.05, 4.69) is 14.9 Å². The molecule has 1 aromatic rings. The maximum Gasteiger partial charge on any atom is 0.326 e. The van der Waals surface area contributed by atoms with Crippen molar-refractivity contribution in [3.63, 3.8) is 0 Å². The fourth-order valence-electron chi connectivity index (χ4n) is 1.53. The van der Waals surface area contributed by atoms with E-state index in [0.29, 0.717) is 36.4 Å². The molecule has 8 heteroatoms. The van der Waals surface area contributed by atoms with Crippen LogP contribution in [0.2, 0.25) is 0 Å². The van der Waals surface area contributed by atoms with Crippen LogP contribution in [0.5, 0.6) is 0 Å². The molecule has 1 heterocycles. The smallest absolute Gasteiger partial charge is 0.326 e. The fourth-order valence-corrected chi connectivity index (χ4v) is 2.18. The summed E-state index contributed by atoms with van der Waals surface area (Å²) in [6.07, 6.45) is 1.47. The quantitative estimate of drug-likeness (QED) is 0.683. The first-order valence-electron chi connectivity index (χ1n) is 5.94. The van der Waals surface area contributed by atoms with Gasteiger partial charge in [-0.25, -0.2) is 4.79 Å². The highest BCUT2D eigenvalue weighted by molar-refractivity contribution is 7.08. The third kappa shape index (κ3) is 4.56. The summed E-state index contributed by atoms with van der Waals surface area (Å²) >= 11 is 0.974. The standard InChI is InChI=1S/C11H17N3O4S/c1-3-7-9(19-14-13-7)10(15)12-8(11(16)17)5-4-6-18-2/h8H,3-6H2,1-2H3,(H,12,15)(H,16,17). The number of hydrogen-bond donors (Lipinski definition) is 2. The van der Waals surface area contributed by atoms with Crippen LogP contribution < -0.4 is 5.32 Å². The number of methoxy groups -OCH3 is 1. The Labute approximate surface area is 115 Å². The molecule has 7 nitrogen and oxygen atoms in total. The summed E-state index contributed by atoms with van der Waals surface area (Å²) in [7, 11) is 1.55. The normalized spacial score (nSPS) is 12.1. The highest BCUT2D eigenvalue weighted by Gasteiger charge is 2.23. The number of nitrogens with zero attached hydrogens (tertiary/aromatic N) is 2. The number of carboxylic acids is 1. The number of hydrogen-bond acceptors (Lipinski definition) is 6. The zero-order valence-electron chi connectivity index (χ0n) is 10.9. The Morgan fingerprint density at radius 3 is 2.84 bits per heavy atom. The predicted octanol–water partition coefficient (Wildman–Crippen LogP) is 0.710. The number of ether oxygens (including phenoxy) is 1. The third-order valence-corrected chi connectivity index (χ3v) is 3.31. The molecule has 0 radical (unpaired) electrons. The second-order valence-corrected chi connectivity index (χ2v) is 4.66. The van der Waals surface area contributed by atoms with Gasteiger partial charge < -0.3 is 15.2 Å². The Hall–Kier alpha value is -1.54. The molecular formula is C11H17N3O4S. The maximum atomic E-state index is 12.0. The average Bonchev–Trinajstić information content (AvgIpc) is 2.85. The Balaban J connectivity index is 2.63. The molecule has 0 fully saturated rings. The molecule has 1 amide bonds. The first-order valence-corrected chi connectivity index (χ1v) is 6.71. The molecule has 0 spiro atoms. The second kappa shape index (κ2) is 7.80. The van der Waals surface area contributed by atoms with Gasteiger partial charge in [0.05, 0.1) is 5.69 Å². The van der Waals surface area contributed by atoms with Gasteiger partial charge in [0.1, 0.15) is 10.9 Å². The van der Waals surface area contributed by atoms with Gasteiger partial charge in [-0.1, -0.05) is 11.4 Å². The predicted molar refractivity (Wildman–Crippen MR) is 69.3 cm³/mol. The van der Waals surface area contributed by atoms with Crippen LogP contribution in [0.1, 0.15) is 35.1 Å². The zero-order valence-corrected chi connectivity index (χ0v) is 11.7. The molecule has 2 N–H and O–H groups in total. The number of carbonyl (C=O) groups excluding carboxylic acids is 1. The second-order valence-electron chi connectivity index (χ2n) is 3.90. The average molecular weight is 287 g/mol. The van der Waals surface area contributed by atoms with Gasteiger partial charge in [-0.15, -0.1) is 5.10 Å². The minimum atomic E-state index is -1.06. The number of aryl methyl sites for hydroxylation is 1. The van der Waals surface area contributed by atoms with Crippen LogP contribution >= 0.6 is 11.5 Å². The van der Waals surface area contributed by atoms with Crippen molar-refractivity contribution in [3.05, 3.63) is 10.6 Å². The molecule has 0 aliphatic carbocycles. The van der Waals surface area contributed by atoms with Crippen molar-refractivity contribution >= 4 is 23.4 Å². The number of nitrogens with one attached hydrogen (secondary N) is 1. The summed E-state index contributed by atoms with van der Waals surface area (Å²) in [5.41, 5.74) is 0.587. The summed E-state index contributed by atoms with van der Waals surface area (Å²) in [6, 6.07) is -0.922. The summed E-state index contributed by atoms with van der Waals surface area (Å²) in [5.74, 6) is -1.49. The summed E-state index contributed by atoms with van der Waals surface area (Å²) in [5, 5.41) is 15.4. The Morgan fingerprint density at radius 1 is 1.53 bits per heavy atom. The number of aromatic nitrogens is 2. The van der Waals surface area contributed by atoms with E-state index in [1.165, 1.54) is 0 Å². The van der Waals surface area contributed by atoms with E-state index in [0.717, 1.165) is 11.5 Å². The number of rotatable bonds is 8. The number of aliphatic carboxylic acids is 1. The lowest BCUT2D eigenvalue weighted by Crippen LogP contribution is -2.40. The molecular weight excluding hydrogens is 270 g/mol. The highest BCUT2D eigenvalue weighted by Crippen LogP contribution is 2.11. The SMILES string of the molecule is CCc1nnsc1C(=O)NC(CCCOC)C(=O)O. The molecule has 1 aromatic heterocycles. The zero-order chi connectivity index (χ0) is 14.3. The largest absolute Gasteiger partial charge is 0.480 e. The molecule has 1 atom stereocenters. The van der Waals surface area contributed by atoms with Crippen LogP contribution in [-0.4, -0.2) is 46.3 Å². The lowest BCUT2D eigenvalue weighted by atomic mass is 10.1. The molecule has 0 saturated carbocycles. The fraction of sp³-hybridized carbons (Fsp3) is 0.636. The van der Waals surface area contributed by atoms with Crippen LogP contribution in [0, 0.1) is 0 Å². The molecule has 1 rings (SSSR count). The van der Waals surface area contributed by atoms with Crippen LogP contribution in [0.25, 0.3) is 0 Å². The lowest BCUT2D eigenvalue weighted by molar-refractivity contribution is -0.139. The number of carbonyl (C=O) groups is 2. The van der Waals surface area contributed by atoms with Crippen LogP contribution in [0.4, 0.5) is 0 Å². The van der Waals surface area contributed by atoms with Crippen LogP contribution in [0.3, 0.4) is 0 Å². The van der Waals surface area contributed by atoms with E-state index < -0.39 is 17.9 Å². The van der Waals surface area contributed by atoms with Crippen molar-refractivity contribution in [3.8, 4) is 0 Å². The summed E-state index contributed by atoms with van der Waals surface area (Å²) in [4.78, 5) is 23.4. The number of carboxylic acid groups (broad SMARTS) is 1. The molecule has 0 aromatic carbocycles. The van der Waals surface area contributed by atoms with Gasteiger partial charge in [0.15, 0.2) is 0 Å². The van der Waals surface area contributed by atoms with Crippen molar-refractivity contribution in [2.75, 3.05) is 13.7 Å². The number of amides is 1. The van der Waals surface area contributed by atoms with E-state index in [4.69, 9.17) is 9.84 Å². The van der Waals surface area contributed by atoms with E-state index >= 15 is 0 Å². The minimum absolute atomic E-state index is 0.322. The molecule has 0 aliphatic heterocycles. The molecule has 19 heavy (non-hydrogen) atoms. The first kappa shape index (κ1) is 15.5. The Bertz CT molecular complexity index is 435. The molecule has 0 bridgehead atoms. The van der Waals surface area contributed by atoms with E-state index in [1.54, 1.807) is 7.11 Å². The minimum Gasteiger partial charge on any atom is -0.480 e. The van der Waals surface area contributed by atoms with Gasteiger partial charge in [0, 0.05) is 13.7 Å². The van der Waals surface area contributed by atoms with E-state index in [1.807, 2.05) is 6.92 Å². The van der Waals surface area contributed by atoms with E-state index in [-0.39, 0.29) is 0 Å². The molecule has 1 unspecified atom stereocenters. The third-order valence-electron chi connectivity index (χ3n) is 2.54. The lowest BCUT2D eigenvalue weighted by Gasteiger charge is -2.13. The van der Waals surface area contributed by atoms with Crippen molar-refractivity contribution in [1.82, 2.24) is 14.9 Å². The molecule has 0 saturated heterocycles. The van der Waals surface area contributed by atoms with Crippen molar-refractivity contribution in [2.45, 2.75) is 32.2 Å². The topological polar surface area (TPSA) is 101 Å². The maximum absolute atomic E-state index is 12.0. The van der Waals surface area contributed by atoms with Gasteiger partial charge in [0.2, 0.25) is 0 Å². The van der Waals surface area contributed by atoms with Crippen molar-refractivity contribution in [1.29, 1.82) is 0 Å². The van der Waals surface area contributed by atoms with E-state index in [9.17, 15) is 9.59 Å². The highest BCUT2D eigenvalue weighted by atomic mass is 32.1. The van der Waals surface area contributed by atoms with Gasteiger partial charge in [-0.2, -0.15) is 0 Å². The molecule has 0 aliphatic rings. The first-order chi connectivity index (χ1) is 9.10. The van der Waals surface area contributed by atoms with Gasteiger partial charge in [-0.3, -0.25) is 4.79 Å². The summed E-state index contributed by atoms with van der Waals surface area (Å²) < 4.78 is 8.57. The Kier molecular flexibility index (Phi) is 6.37. The van der Waals surface area contributed by atoms with Crippen LogP contribution in [-0.2, 0) is 16.0 Å². The van der Waals surface area contributed by atoms with Crippen LogP contribution in [0.15, 0.2) is 0 Å². The van der Waals surface area contributed by atoms with Crippen molar-refractivity contribution in [2.24, 2.45) is 0 Å².